The smallest absolute Gasteiger partial charge is 0.254 e. The Morgan fingerprint density at radius 2 is 1.96 bits per heavy atom. The number of carbonyl (C=O) groups excluding carboxylic acids is 1. The van der Waals surface area contributed by atoms with E-state index in [9.17, 15) is 4.79 Å². The maximum absolute atomic E-state index is 12.4. The highest BCUT2D eigenvalue weighted by Crippen LogP contribution is 2.23. The van der Waals surface area contributed by atoms with Gasteiger partial charge in [-0.3, -0.25) is 4.79 Å². The van der Waals surface area contributed by atoms with Gasteiger partial charge in [-0.05, 0) is 44.4 Å². The Balaban J connectivity index is 2.24. The van der Waals surface area contributed by atoms with Crippen LogP contribution >= 0.6 is 0 Å². The predicted molar refractivity (Wildman–Crippen MR) is 93.0 cm³/mol. The first-order chi connectivity index (χ1) is 11.0. The van der Waals surface area contributed by atoms with Gasteiger partial charge in [-0.2, -0.15) is 5.10 Å². The summed E-state index contributed by atoms with van der Waals surface area (Å²) in [5.41, 5.74) is 9.23. The van der Waals surface area contributed by atoms with E-state index in [4.69, 9.17) is 5.73 Å². The van der Waals surface area contributed by atoms with Crippen molar-refractivity contribution in [3.05, 3.63) is 47.3 Å². The van der Waals surface area contributed by atoms with Crippen molar-refractivity contribution in [1.82, 2.24) is 15.1 Å². The van der Waals surface area contributed by atoms with Gasteiger partial charge in [-0.25, -0.2) is 4.68 Å². The van der Waals surface area contributed by atoms with Gasteiger partial charge in [0.25, 0.3) is 5.91 Å². The number of hydrogen-bond acceptors (Lipinski definition) is 3. The number of carbonyl (C=O) groups is 1. The van der Waals surface area contributed by atoms with Gasteiger partial charge in [-0.15, -0.1) is 0 Å². The number of amides is 1. The zero-order valence-electron chi connectivity index (χ0n) is 14.2. The second-order valence-electron chi connectivity index (χ2n) is 6.10. The molecule has 0 bridgehead atoms. The van der Waals surface area contributed by atoms with Gasteiger partial charge in [-0.1, -0.05) is 31.5 Å². The predicted octanol–water partition coefficient (Wildman–Crippen LogP) is 2.77. The van der Waals surface area contributed by atoms with E-state index in [1.54, 1.807) is 6.20 Å². The average Bonchev–Trinajstić information content (AvgIpc) is 2.97. The SMILES string of the molecule is Cc1ccc(-n2ncc(C(=O)NCCCCN)c2C(C)C)cc1. The monoisotopic (exact) mass is 314 g/mol. The Kier molecular flexibility index (Phi) is 5.93. The largest absolute Gasteiger partial charge is 0.352 e. The highest BCUT2D eigenvalue weighted by Gasteiger charge is 2.20. The molecule has 0 unspecified atom stereocenters. The Labute approximate surface area is 137 Å². The fraction of sp³-hybridized carbons (Fsp3) is 0.444. The summed E-state index contributed by atoms with van der Waals surface area (Å²) in [5.74, 6) is 0.132. The molecular weight excluding hydrogens is 288 g/mol. The fourth-order valence-corrected chi connectivity index (χ4v) is 2.55. The van der Waals surface area contributed by atoms with Crippen LogP contribution in [0.1, 0.15) is 54.2 Å². The van der Waals surface area contributed by atoms with E-state index in [-0.39, 0.29) is 11.8 Å². The summed E-state index contributed by atoms with van der Waals surface area (Å²) in [6.07, 6.45) is 3.47. The molecule has 0 spiro atoms. The first-order valence-electron chi connectivity index (χ1n) is 8.17. The molecule has 1 aromatic carbocycles. The molecule has 5 heteroatoms. The van der Waals surface area contributed by atoms with Crippen molar-refractivity contribution in [2.45, 2.75) is 39.5 Å². The lowest BCUT2D eigenvalue weighted by Gasteiger charge is -2.13. The van der Waals surface area contributed by atoms with Gasteiger partial charge in [0.15, 0.2) is 0 Å². The van der Waals surface area contributed by atoms with E-state index in [1.165, 1.54) is 5.56 Å². The molecule has 23 heavy (non-hydrogen) atoms. The van der Waals surface area contributed by atoms with Crippen molar-refractivity contribution < 1.29 is 4.79 Å². The van der Waals surface area contributed by atoms with Crippen molar-refractivity contribution in [2.24, 2.45) is 5.73 Å². The van der Waals surface area contributed by atoms with Crippen LogP contribution in [-0.2, 0) is 0 Å². The lowest BCUT2D eigenvalue weighted by molar-refractivity contribution is 0.0951. The number of unbranched alkanes of at least 4 members (excludes halogenated alkanes) is 1. The van der Waals surface area contributed by atoms with E-state index in [0.29, 0.717) is 18.7 Å². The standard InChI is InChI=1S/C18H26N4O/c1-13(2)17-16(18(23)20-11-5-4-10-19)12-21-22(17)15-8-6-14(3)7-9-15/h6-9,12-13H,4-5,10-11,19H2,1-3H3,(H,20,23). The van der Waals surface area contributed by atoms with Crippen molar-refractivity contribution >= 4 is 5.91 Å². The lowest BCUT2D eigenvalue weighted by atomic mass is 10.0. The molecule has 0 saturated carbocycles. The van der Waals surface area contributed by atoms with Crippen LogP contribution in [0.5, 0.6) is 0 Å². The minimum Gasteiger partial charge on any atom is -0.352 e. The number of rotatable bonds is 7. The topological polar surface area (TPSA) is 72.9 Å². The number of aromatic nitrogens is 2. The lowest BCUT2D eigenvalue weighted by Crippen LogP contribution is -2.26. The van der Waals surface area contributed by atoms with Crippen molar-refractivity contribution in [3.63, 3.8) is 0 Å². The molecule has 2 rings (SSSR count). The normalized spacial score (nSPS) is 11.0. The minimum absolute atomic E-state index is 0.0657. The molecule has 1 heterocycles. The van der Waals surface area contributed by atoms with Crippen LogP contribution < -0.4 is 11.1 Å². The zero-order valence-corrected chi connectivity index (χ0v) is 14.2. The number of nitrogens with two attached hydrogens (primary N) is 1. The summed E-state index contributed by atoms with van der Waals surface area (Å²) >= 11 is 0. The van der Waals surface area contributed by atoms with Crippen molar-refractivity contribution in [2.75, 3.05) is 13.1 Å². The Hall–Kier alpha value is -2.14. The molecule has 0 aliphatic carbocycles. The van der Waals surface area contributed by atoms with Crippen molar-refractivity contribution in [3.8, 4) is 5.69 Å². The summed E-state index contributed by atoms with van der Waals surface area (Å²) < 4.78 is 1.86. The van der Waals surface area contributed by atoms with Gasteiger partial charge in [0, 0.05) is 6.54 Å². The van der Waals surface area contributed by atoms with Crippen LogP contribution in [0.25, 0.3) is 5.69 Å². The highest BCUT2D eigenvalue weighted by atomic mass is 16.1. The molecule has 0 fully saturated rings. The summed E-state index contributed by atoms with van der Waals surface area (Å²) in [7, 11) is 0. The number of nitrogens with zero attached hydrogens (tertiary/aromatic N) is 2. The van der Waals surface area contributed by atoms with Crippen LogP contribution in [0.4, 0.5) is 0 Å². The molecular formula is C18H26N4O. The summed E-state index contributed by atoms with van der Waals surface area (Å²) in [4.78, 5) is 12.4. The maximum atomic E-state index is 12.4. The van der Waals surface area contributed by atoms with Crippen LogP contribution in [0.15, 0.2) is 30.5 Å². The molecule has 2 aromatic rings. The third-order valence-electron chi connectivity index (χ3n) is 3.79. The van der Waals surface area contributed by atoms with Gasteiger partial charge < -0.3 is 11.1 Å². The summed E-state index contributed by atoms with van der Waals surface area (Å²) in [5, 5.41) is 7.39. The molecule has 0 aliphatic rings. The second-order valence-corrected chi connectivity index (χ2v) is 6.10. The molecule has 1 aromatic heterocycles. The third kappa shape index (κ3) is 4.20. The Morgan fingerprint density at radius 1 is 1.26 bits per heavy atom. The number of benzene rings is 1. The molecule has 0 atom stereocenters. The Bertz CT molecular complexity index is 644. The molecule has 5 nitrogen and oxygen atoms in total. The second kappa shape index (κ2) is 7.92. The van der Waals surface area contributed by atoms with E-state index < -0.39 is 0 Å². The number of nitrogens with one attached hydrogen (secondary N) is 1. The van der Waals surface area contributed by atoms with Gasteiger partial charge in [0.2, 0.25) is 0 Å². The van der Waals surface area contributed by atoms with E-state index in [0.717, 1.165) is 24.2 Å². The summed E-state index contributed by atoms with van der Waals surface area (Å²) in [6.45, 7) is 7.50. The van der Waals surface area contributed by atoms with Gasteiger partial charge >= 0.3 is 0 Å². The Morgan fingerprint density at radius 3 is 2.57 bits per heavy atom. The number of hydrogen-bond donors (Lipinski definition) is 2. The van der Waals surface area contributed by atoms with Crippen LogP contribution in [0, 0.1) is 6.92 Å². The molecule has 0 radical (unpaired) electrons. The van der Waals surface area contributed by atoms with Gasteiger partial charge in [0.1, 0.15) is 0 Å². The third-order valence-corrected chi connectivity index (χ3v) is 3.79. The molecule has 124 valence electrons. The minimum atomic E-state index is -0.0657. The molecule has 0 aliphatic heterocycles. The molecule has 3 N–H and O–H groups in total. The van der Waals surface area contributed by atoms with Crippen molar-refractivity contribution in [1.29, 1.82) is 0 Å². The first kappa shape index (κ1) is 17.2. The van der Waals surface area contributed by atoms with Crippen LogP contribution in [0.2, 0.25) is 0 Å². The van der Waals surface area contributed by atoms with E-state index in [1.807, 2.05) is 28.9 Å². The van der Waals surface area contributed by atoms with Crippen LogP contribution in [-0.4, -0.2) is 28.8 Å². The van der Waals surface area contributed by atoms with E-state index in [2.05, 4.69) is 31.2 Å². The van der Waals surface area contributed by atoms with E-state index >= 15 is 0 Å². The maximum Gasteiger partial charge on any atom is 0.254 e. The molecule has 1 amide bonds. The highest BCUT2D eigenvalue weighted by molar-refractivity contribution is 5.95. The van der Waals surface area contributed by atoms with Crippen LogP contribution in [0.3, 0.4) is 0 Å². The summed E-state index contributed by atoms with van der Waals surface area (Å²) in [6, 6.07) is 8.15. The fourth-order valence-electron chi connectivity index (χ4n) is 2.55. The average molecular weight is 314 g/mol. The van der Waals surface area contributed by atoms with Gasteiger partial charge in [0.05, 0.1) is 23.1 Å². The number of aryl methyl sites for hydroxylation is 1. The zero-order chi connectivity index (χ0) is 16.8. The first-order valence-corrected chi connectivity index (χ1v) is 8.17. The molecule has 0 saturated heterocycles. The quantitative estimate of drug-likeness (QED) is 0.772.